The number of aromatic hydroxyl groups is 1. The van der Waals surface area contributed by atoms with E-state index in [1.165, 1.54) is 0 Å². The first-order valence-corrected chi connectivity index (χ1v) is 5.13. The number of nitrogens with one attached hydrogen (secondary N) is 1. The zero-order valence-corrected chi connectivity index (χ0v) is 9.11. The fourth-order valence-corrected chi connectivity index (χ4v) is 1.86. The first kappa shape index (κ1) is 10.5. The van der Waals surface area contributed by atoms with Gasteiger partial charge in [-0.05, 0) is 11.8 Å². The summed E-state index contributed by atoms with van der Waals surface area (Å²) in [6.45, 7) is 4.07. The maximum Gasteiger partial charge on any atom is 0.270 e. The van der Waals surface area contributed by atoms with Crippen molar-refractivity contribution in [1.29, 1.82) is 5.26 Å². The van der Waals surface area contributed by atoms with Crippen molar-refractivity contribution in [1.82, 2.24) is 4.98 Å². The van der Waals surface area contributed by atoms with Gasteiger partial charge in [0.1, 0.15) is 11.8 Å². The van der Waals surface area contributed by atoms with Crippen LogP contribution in [0.25, 0.3) is 12.2 Å². The zero-order chi connectivity index (χ0) is 11.9. The lowest BCUT2D eigenvalue weighted by Gasteiger charge is -2.16. The number of pyridine rings is 1. The fraction of sp³-hybridized carbons (Fsp3) is 0.333. The Bertz CT molecular complexity index is 649. The topological polar surface area (TPSA) is 76.9 Å². The minimum Gasteiger partial charge on any atom is -0.506 e. The number of aromatic nitrogens is 1. The van der Waals surface area contributed by atoms with E-state index in [4.69, 9.17) is 5.26 Å². The van der Waals surface area contributed by atoms with Gasteiger partial charge in [0.25, 0.3) is 5.56 Å². The van der Waals surface area contributed by atoms with Gasteiger partial charge in [0.05, 0.1) is 0 Å². The molecule has 0 spiro atoms. The molecule has 0 amide bonds. The van der Waals surface area contributed by atoms with E-state index in [1.54, 1.807) is 6.07 Å². The standard InChI is InChI=1S/C12H12N2O2/c1-6-3-8-10(4-7(6)2)14-12(16)9(5-13)11(8)15/h3-4,6-7,15H,1-2H3,(H,14,16). The number of nitrogens with zero attached hydrogens (tertiary/aromatic N) is 1. The van der Waals surface area contributed by atoms with E-state index in [1.807, 2.05) is 26.0 Å². The number of hydrogen-bond donors (Lipinski definition) is 2. The molecule has 82 valence electrons. The molecule has 0 aliphatic heterocycles. The molecule has 2 rings (SSSR count). The third kappa shape index (κ3) is 1.41. The molecule has 1 aliphatic carbocycles. The lowest BCUT2D eigenvalue weighted by molar-refractivity contribution is 0.463. The predicted molar refractivity (Wildman–Crippen MR) is 60.0 cm³/mol. The van der Waals surface area contributed by atoms with Crippen molar-refractivity contribution < 1.29 is 5.11 Å². The van der Waals surface area contributed by atoms with Crippen LogP contribution in [0.3, 0.4) is 0 Å². The maximum atomic E-state index is 11.5. The third-order valence-corrected chi connectivity index (χ3v) is 3.06. The highest BCUT2D eigenvalue weighted by molar-refractivity contribution is 5.50. The summed E-state index contributed by atoms with van der Waals surface area (Å²) in [4.78, 5) is 14.1. The van der Waals surface area contributed by atoms with Gasteiger partial charge in [0.2, 0.25) is 0 Å². The smallest absolute Gasteiger partial charge is 0.270 e. The van der Waals surface area contributed by atoms with Gasteiger partial charge in [-0.15, -0.1) is 0 Å². The van der Waals surface area contributed by atoms with Crippen LogP contribution < -0.4 is 16.1 Å². The largest absolute Gasteiger partial charge is 0.506 e. The zero-order valence-electron chi connectivity index (χ0n) is 9.11. The molecule has 1 aromatic heterocycles. The number of aromatic amines is 1. The Morgan fingerprint density at radius 3 is 2.62 bits per heavy atom. The second kappa shape index (κ2) is 3.53. The van der Waals surface area contributed by atoms with Crippen LogP contribution in [0.15, 0.2) is 4.79 Å². The third-order valence-electron chi connectivity index (χ3n) is 3.06. The van der Waals surface area contributed by atoms with E-state index in [2.05, 4.69) is 4.98 Å². The molecule has 16 heavy (non-hydrogen) atoms. The average Bonchev–Trinajstić information content (AvgIpc) is 2.22. The van der Waals surface area contributed by atoms with Gasteiger partial charge in [-0.25, -0.2) is 0 Å². The Morgan fingerprint density at radius 2 is 2.00 bits per heavy atom. The number of hydrogen-bond acceptors (Lipinski definition) is 3. The summed E-state index contributed by atoms with van der Waals surface area (Å²) in [7, 11) is 0. The predicted octanol–water partition coefficient (Wildman–Crippen LogP) is -0.201. The molecule has 0 fully saturated rings. The van der Waals surface area contributed by atoms with Crippen LogP contribution >= 0.6 is 0 Å². The monoisotopic (exact) mass is 216 g/mol. The first-order chi connectivity index (χ1) is 7.54. The average molecular weight is 216 g/mol. The SMILES string of the molecule is CC1C=c2[nH]c(=O)c(C#N)c(O)c2=CC1C. The first-order valence-electron chi connectivity index (χ1n) is 5.13. The van der Waals surface area contributed by atoms with Gasteiger partial charge in [0, 0.05) is 10.6 Å². The Morgan fingerprint density at radius 1 is 1.38 bits per heavy atom. The molecule has 4 nitrogen and oxygen atoms in total. The fourth-order valence-electron chi connectivity index (χ4n) is 1.86. The minimum atomic E-state index is -0.537. The second-order valence-electron chi connectivity index (χ2n) is 4.17. The molecule has 1 heterocycles. The quantitative estimate of drug-likeness (QED) is 0.630. The highest BCUT2D eigenvalue weighted by Gasteiger charge is 2.16. The molecule has 0 saturated carbocycles. The molecule has 0 aromatic carbocycles. The number of fused-ring (bicyclic) bond motifs is 1. The Hall–Kier alpha value is -2.02. The van der Waals surface area contributed by atoms with Gasteiger partial charge in [0.15, 0.2) is 5.56 Å². The van der Waals surface area contributed by atoms with Gasteiger partial charge in [-0.2, -0.15) is 5.26 Å². The summed E-state index contributed by atoms with van der Waals surface area (Å²) in [5.74, 6) is 0.364. The number of nitriles is 1. The van der Waals surface area contributed by atoms with Crippen molar-refractivity contribution in [3.63, 3.8) is 0 Å². The van der Waals surface area contributed by atoms with Gasteiger partial charge < -0.3 is 10.1 Å². The van der Waals surface area contributed by atoms with E-state index < -0.39 is 5.56 Å². The summed E-state index contributed by atoms with van der Waals surface area (Å²) in [6, 6.07) is 1.71. The van der Waals surface area contributed by atoms with Crippen LogP contribution in [0, 0.1) is 23.2 Å². The molecule has 4 heteroatoms. The van der Waals surface area contributed by atoms with E-state index in [9.17, 15) is 9.90 Å². The second-order valence-corrected chi connectivity index (χ2v) is 4.17. The van der Waals surface area contributed by atoms with E-state index in [0.29, 0.717) is 16.5 Å². The van der Waals surface area contributed by atoms with Crippen LogP contribution in [0.5, 0.6) is 5.75 Å². The lowest BCUT2D eigenvalue weighted by Crippen LogP contribution is -2.39. The van der Waals surface area contributed by atoms with Crippen LogP contribution in [0.4, 0.5) is 0 Å². The molecule has 0 saturated heterocycles. The van der Waals surface area contributed by atoms with E-state index in [0.717, 1.165) is 0 Å². The van der Waals surface area contributed by atoms with Crippen molar-refractivity contribution in [3.8, 4) is 11.8 Å². The van der Waals surface area contributed by atoms with Crippen molar-refractivity contribution in [2.45, 2.75) is 13.8 Å². The molecule has 0 radical (unpaired) electrons. The van der Waals surface area contributed by atoms with E-state index >= 15 is 0 Å². The van der Waals surface area contributed by atoms with Gasteiger partial charge in [-0.3, -0.25) is 4.79 Å². The highest BCUT2D eigenvalue weighted by Crippen LogP contribution is 2.16. The summed E-state index contributed by atoms with van der Waals surface area (Å²) in [5, 5.41) is 19.8. The molecule has 2 N–H and O–H groups in total. The maximum absolute atomic E-state index is 11.5. The summed E-state index contributed by atoms with van der Waals surface area (Å²) >= 11 is 0. The highest BCUT2D eigenvalue weighted by atomic mass is 16.3. The van der Waals surface area contributed by atoms with Gasteiger partial charge >= 0.3 is 0 Å². The Kier molecular flexibility index (Phi) is 2.31. The molecular formula is C12H12N2O2. The van der Waals surface area contributed by atoms with Crippen molar-refractivity contribution in [2.75, 3.05) is 0 Å². The molecule has 0 bridgehead atoms. The molecule has 1 aliphatic rings. The van der Waals surface area contributed by atoms with Crippen molar-refractivity contribution in [3.05, 3.63) is 26.5 Å². The van der Waals surface area contributed by atoms with Crippen molar-refractivity contribution >= 4 is 12.2 Å². The minimum absolute atomic E-state index is 0.212. The van der Waals surface area contributed by atoms with Crippen LogP contribution in [0.2, 0.25) is 0 Å². The van der Waals surface area contributed by atoms with Crippen LogP contribution in [0.1, 0.15) is 19.4 Å². The summed E-state index contributed by atoms with van der Waals surface area (Å²) in [5.41, 5.74) is -0.754. The number of rotatable bonds is 0. The van der Waals surface area contributed by atoms with Crippen LogP contribution in [-0.4, -0.2) is 10.1 Å². The molecule has 1 aromatic rings. The lowest BCUT2D eigenvalue weighted by atomic mass is 9.90. The molecule has 2 atom stereocenters. The normalized spacial score (nSPS) is 22.6. The van der Waals surface area contributed by atoms with E-state index in [-0.39, 0.29) is 17.2 Å². The summed E-state index contributed by atoms with van der Waals surface area (Å²) < 4.78 is 0. The molecular weight excluding hydrogens is 204 g/mol. The Labute approximate surface area is 92.2 Å². The number of H-pyrrole nitrogens is 1. The van der Waals surface area contributed by atoms with Crippen molar-refractivity contribution in [2.24, 2.45) is 11.8 Å². The Balaban J connectivity index is 2.94. The summed E-state index contributed by atoms with van der Waals surface area (Å²) in [6.07, 6.45) is 3.79. The van der Waals surface area contributed by atoms with Gasteiger partial charge in [-0.1, -0.05) is 26.0 Å². The van der Waals surface area contributed by atoms with Crippen LogP contribution in [-0.2, 0) is 0 Å². The molecule has 2 unspecified atom stereocenters.